The number of carbonyl (C=O) groups excluding carboxylic acids is 3. The fourth-order valence-electron chi connectivity index (χ4n) is 2.58. The molecule has 10 heteroatoms. The second-order valence-electron chi connectivity index (χ2n) is 6.54. The molecule has 0 aliphatic rings. The standard InChI is InChI=1S/C22H22N4O5S/c1-4-31-20(28)18-13-32-22(24-18)26(21(29)23-16-9-5-14(2)6-10-16)25-19(27)15-7-11-17(30-3)12-8-15/h5-13H,4H2,1-3H3,(H,23,29)(H,25,27). The van der Waals surface area contributed by atoms with Crippen LogP contribution in [0.25, 0.3) is 0 Å². The number of amides is 3. The van der Waals surface area contributed by atoms with Crippen LogP contribution in [-0.2, 0) is 4.74 Å². The number of hydrazine groups is 1. The summed E-state index contributed by atoms with van der Waals surface area (Å²) < 4.78 is 10.0. The minimum absolute atomic E-state index is 0.0404. The Hall–Kier alpha value is -3.92. The Morgan fingerprint density at radius 2 is 1.75 bits per heavy atom. The van der Waals surface area contributed by atoms with E-state index in [1.54, 1.807) is 43.3 Å². The number of carbonyl (C=O) groups is 3. The van der Waals surface area contributed by atoms with Crippen molar-refractivity contribution in [3.05, 3.63) is 70.7 Å². The number of nitrogens with one attached hydrogen (secondary N) is 2. The Balaban J connectivity index is 1.85. The molecule has 9 nitrogen and oxygen atoms in total. The van der Waals surface area contributed by atoms with Crippen LogP contribution in [0.3, 0.4) is 0 Å². The molecule has 0 aliphatic carbocycles. The lowest BCUT2D eigenvalue weighted by Gasteiger charge is -2.21. The minimum Gasteiger partial charge on any atom is -0.497 e. The average molecular weight is 455 g/mol. The zero-order valence-corrected chi connectivity index (χ0v) is 18.6. The molecule has 0 spiro atoms. The molecule has 1 aromatic heterocycles. The Morgan fingerprint density at radius 1 is 1.06 bits per heavy atom. The number of rotatable bonds is 6. The first-order valence-electron chi connectivity index (χ1n) is 9.66. The molecule has 32 heavy (non-hydrogen) atoms. The molecule has 1 heterocycles. The van der Waals surface area contributed by atoms with Gasteiger partial charge in [0.2, 0.25) is 5.13 Å². The van der Waals surface area contributed by atoms with Crippen LogP contribution in [-0.4, -0.2) is 36.6 Å². The van der Waals surface area contributed by atoms with Gasteiger partial charge in [0, 0.05) is 16.6 Å². The number of aryl methyl sites for hydroxylation is 1. The molecule has 0 bridgehead atoms. The lowest BCUT2D eigenvalue weighted by atomic mass is 10.2. The van der Waals surface area contributed by atoms with Crippen molar-refractivity contribution in [3.63, 3.8) is 0 Å². The number of nitrogens with zero attached hydrogens (tertiary/aromatic N) is 2. The average Bonchev–Trinajstić information content (AvgIpc) is 3.29. The van der Waals surface area contributed by atoms with Crippen LogP contribution in [0.5, 0.6) is 5.75 Å². The van der Waals surface area contributed by atoms with Gasteiger partial charge < -0.3 is 14.8 Å². The Labute approximate surface area is 189 Å². The summed E-state index contributed by atoms with van der Waals surface area (Å²) in [6.07, 6.45) is 0. The van der Waals surface area contributed by atoms with Crippen LogP contribution in [0, 0.1) is 6.92 Å². The van der Waals surface area contributed by atoms with Crippen molar-refractivity contribution >= 4 is 40.1 Å². The van der Waals surface area contributed by atoms with Crippen molar-refractivity contribution in [3.8, 4) is 5.75 Å². The third-order valence-electron chi connectivity index (χ3n) is 4.24. The van der Waals surface area contributed by atoms with E-state index in [-0.39, 0.29) is 17.4 Å². The van der Waals surface area contributed by atoms with Crippen LogP contribution in [0.1, 0.15) is 33.3 Å². The maximum absolute atomic E-state index is 13.0. The van der Waals surface area contributed by atoms with E-state index in [2.05, 4.69) is 15.7 Å². The van der Waals surface area contributed by atoms with Gasteiger partial charge in [0.05, 0.1) is 13.7 Å². The molecule has 0 atom stereocenters. The number of anilines is 2. The van der Waals surface area contributed by atoms with Gasteiger partial charge in [0.1, 0.15) is 5.75 Å². The van der Waals surface area contributed by atoms with Crippen molar-refractivity contribution in [1.82, 2.24) is 10.4 Å². The quantitative estimate of drug-likeness (QED) is 0.430. The van der Waals surface area contributed by atoms with Crippen molar-refractivity contribution in [2.45, 2.75) is 13.8 Å². The predicted molar refractivity (Wildman–Crippen MR) is 121 cm³/mol. The molecule has 0 aliphatic heterocycles. The Morgan fingerprint density at radius 3 is 2.38 bits per heavy atom. The first-order valence-corrected chi connectivity index (χ1v) is 10.5. The number of urea groups is 1. The van der Waals surface area contributed by atoms with Crippen LogP contribution < -0.4 is 20.5 Å². The number of hydrogen-bond acceptors (Lipinski definition) is 7. The number of thiazole rings is 1. The summed E-state index contributed by atoms with van der Waals surface area (Å²) in [5.74, 6) is -0.565. The summed E-state index contributed by atoms with van der Waals surface area (Å²) in [5.41, 5.74) is 4.45. The van der Waals surface area contributed by atoms with E-state index in [0.717, 1.165) is 21.9 Å². The maximum Gasteiger partial charge on any atom is 0.357 e. The molecule has 0 radical (unpaired) electrons. The van der Waals surface area contributed by atoms with Crippen LogP contribution in [0.15, 0.2) is 53.9 Å². The Bertz CT molecular complexity index is 1100. The molecule has 166 valence electrons. The molecular formula is C22H22N4O5S. The van der Waals surface area contributed by atoms with Crippen LogP contribution in [0.4, 0.5) is 15.6 Å². The zero-order valence-electron chi connectivity index (χ0n) is 17.7. The van der Waals surface area contributed by atoms with Crippen molar-refractivity contribution in [2.24, 2.45) is 0 Å². The van der Waals surface area contributed by atoms with Gasteiger partial charge in [-0.15, -0.1) is 11.3 Å². The summed E-state index contributed by atoms with van der Waals surface area (Å²) in [6.45, 7) is 3.80. The third kappa shape index (κ3) is 5.61. The summed E-state index contributed by atoms with van der Waals surface area (Å²) in [5, 5.41) is 5.22. The first-order chi connectivity index (χ1) is 15.4. The molecule has 0 unspecified atom stereocenters. The SMILES string of the molecule is CCOC(=O)c1csc(N(NC(=O)c2ccc(OC)cc2)C(=O)Nc2ccc(C)cc2)n1. The number of methoxy groups -OCH3 is 1. The van der Waals surface area contributed by atoms with Crippen LogP contribution >= 0.6 is 11.3 Å². The highest BCUT2D eigenvalue weighted by atomic mass is 32.1. The van der Waals surface area contributed by atoms with E-state index < -0.39 is 17.9 Å². The van der Waals surface area contributed by atoms with Crippen molar-refractivity contribution in [2.75, 3.05) is 24.0 Å². The lowest BCUT2D eigenvalue weighted by molar-refractivity contribution is 0.0520. The van der Waals surface area contributed by atoms with Gasteiger partial charge in [0.15, 0.2) is 5.69 Å². The van der Waals surface area contributed by atoms with Gasteiger partial charge in [0.25, 0.3) is 5.91 Å². The van der Waals surface area contributed by atoms with Gasteiger partial charge in [-0.05, 0) is 50.2 Å². The molecule has 0 fully saturated rings. The predicted octanol–water partition coefficient (Wildman–Crippen LogP) is 4.02. The second-order valence-corrected chi connectivity index (χ2v) is 7.37. The van der Waals surface area contributed by atoms with E-state index in [0.29, 0.717) is 17.0 Å². The monoisotopic (exact) mass is 454 g/mol. The van der Waals surface area contributed by atoms with Crippen LogP contribution in [0.2, 0.25) is 0 Å². The fraction of sp³-hybridized carbons (Fsp3) is 0.182. The molecule has 0 saturated carbocycles. The molecular weight excluding hydrogens is 432 g/mol. The van der Waals surface area contributed by atoms with Gasteiger partial charge in [-0.3, -0.25) is 10.2 Å². The van der Waals surface area contributed by atoms with Gasteiger partial charge in [-0.25, -0.2) is 14.6 Å². The van der Waals surface area contributed by atoms with E-state index in [1.165, 1.54) is 12.5 Å². The molecule has 3 rings (SSSR count). The largest absolute Gasteiger partial charge is 0.497 e. The summed E-state index contributed by atoms with van der Waals surface area (Å²) in [4.78, 5) is 41.9. The molecule has 2 N–H and O–H groups in total. The summed E-state index contributed by atoms with van der Waals surface area (Å²) in [6, 6.07) is 12.9. The van der Waals surface area contributed by atoms with E-state index in [9.17, 15) is 14.4 Å². The zero-order chi connectivity index (χ0) is 23.1. The van der Waals surface area contributed by atoms with E-state index in [4.69, 9.17) is 9.47 Å². The summed E-state index contributed by atoms with van der Waals surface area (Å²) in [7, 11) is 1.52. The molecule has 0 saturated heterocycles. The minimum atomic E-state index is -0.652. The Kier molecular flexibility index (Phi) is 7.40. The molecule has 2 aromatic carbocycles. The fourth-order valence-corrected chi connectivity index (χ4v) is 3.33. The van der Waals surface area contributed by atoms with Gasteiger partial charge in [-0.2, -0.15) is 5.01 Å². The molecule has 3 aromatic rings. The number of esters is 1. The highest BCUT2D eigenvalue weighted by Crippen LogP contribution is 2.22. The topological polar surface area (TPSA) is 110 Å². The number of benzene rings is 2. The number of ether oxygens (including phenoxy) is 2. The third-order valence-corrected chi connectivity index (χ3v) is 5.07. The van der Waals surface area contributed by atoms with Crippen molar-refractivity contribution in [1.29, 1.82) is 0 Å². The normalized spacial score (nSPS) is 10.2. The highest BCUT2D eigenvalue weighted by molar-refractivity contribution is 7.14. The molecule has 3 amide bonds. The first kappa shape index (κ1) is 22.8. The highest BCUT2D eigenvalue weighted by Gasteiger charge is 2.24. The second kappa shape index (κ2) is 10.4. The number of aromatic nitrogens is 1. The van der Waals surface area contributed by atoms with E-state index >= 15 is 0 Å². The smallest absolute Gasteiger partial charge is 0.357 e. The summed E-state index contributed by atoms with van der Waals surface area (Å²) >= 11 is 1.01. The number of hydrogen-bond donors (Lipinski definition) is 2. The maximum atomic E-state index is 13.0. The van der Waals surface area contributed by atoms with Crippen molar-refractivity contribution < 1.29 is 23.9 Å². The van der Waals surface area contributed by atoms with E-state index in [1.807, 2.05) is 19.1 Å². The lowest BCUT2D eigenvalue weighted by Crippen LogP contribution is -2.48. The van der Waals surface area contributed by atoms with Gasteiger partial charge >= 0.3 is 12.0 Å². The van der Waals surface area contributed by atoms with Gasteiger partial charge in [-0.1, -0.05) is 17.7 Å².